The van der Waals surface area contributed by atoms with Crippen LogP contribution in [0.1, 0.15) is 11.4 Å². The molecule has 24 heavy (non-hydrogen) atoms. The first kappa shape index (κ1) is 17.0. The normalized spacial score (nSPS) is 11.5. The first-order valence-electron chi connectivity index (χ1n) is 8.24. The molecule has 0 radical (unpaired) electrons. The van der Waals surface area contributed by atoms with Crippen LogP contribution in [0.3, 0.4) is 0 Å². The molecule has 0 bridgehead atoms. The van der Waals surface area contributed by atoms with Gasteiger partial charge < -0.3 is 10.3 Å². The third-order valence-corrected chi connectivity index (χ3v) is 4.54. The second-order valence-corrected chi connectivity index (χ2v) is 6.46. The van der Waals surface area contributed by atoms with Crippen LogP contribution in [0.4, 0.5) is 0 Å². The predicted octanol–water partition coefficient (Wildman–Crippen LogP) is 3.23. The van der Waals surface area contributed by atoms with E-state index in [1.165, 1.54) is 5.56 Å². The zero-order chi connectivity index (χ0) is 16.9. The van der Waals surface area contributed by atoms with Crippen molar-refractivity contribution in [3.05, 3.63) is 64.9 Å². The van der Waals surface area contributed by atoms with Gasteiger partial charge in [0.2, 0.25) is 0 Å². The molecule has 0 saturated carbocycles. The van der Waals surface area contributed by atoms with E-state index in [9.17, 15) is 0 Å². The Balaban J connectivity index is 1.74. The molecule has 0 saturated heterocycles. The van der Waals surface area contributed by atoms with Gasteiger partial charge in [0, 0.05) is 31.7 Å². The lowest BCUT2D eigenvalue weighted by Gasteiger charge is -2.21. The minimum absolute atomic E-state index is 0.643. The van der Waals surface area contributed by atoms with E-state index in [0.29, 0.717) is 6.54 Å². The number of nitrogens with two attached hydrogens (primary N) is 1. The number of fused-ring (bicyclic) bond motifs is 1. The van der Waals surface area contributed by atoms with Crippen LogP contribution in [-0.4, -0.2) is 34.1 Å². The summed E-state index contributed by atoms with van der Waals surface area (Å²) in [7, 11) is 2.05. The van der Waals surface area contributed by atoms with Crippen LogP contribution >= 0.6 is 11.6 Å². The summed E-state index contributed by atoms with van der Waals surface area (Å²) in [6, 6.07) is 16.4. The van der Waals surface area contributed by atoms with Crippen molar-refractivity contribution in [3.63, 3.8) is 0 Å². The Kier molecular flexibility index (Phi) is 5.51. The van der Waals surface area contributed by atoms with E-state index in [-0.39, 0.29) is 0 Å². The van der Waals surface area contributed by atoms with Crippen LogP contribution < -0.4 is 5.73 Å². The Morgan fingerprint density at radius 1 is 1.12 bits per heavy atom. The Labute approximate surface area is 147 Å². The molecule has 4 nitrogen and oxygen atoms in total. The third-order valence-electron chi connectivity index (χ3n) is 4.31. The maximum Gasteiger partial charge on any atom is 0.123 e. The number of aromatic nitrogens is 2. The van der Waals surface area contributed by atoms with Crippen LogP contribution in [0.25, 0.3) is 11.0 Å². The van der Waals surface area contributed by atoms with Crippen molar-refractivity contribution < 1.29 is 0 Å². The summed E-state index contributed by atoms with van der Waals surface area (Å²) in [6.07, 6.45) is 1.01. The highest BCUT2D eigenvalue weighted by molar-refractivity contribution is 6.31. The minimum Gasteiger partial charge on any atom is -0.330 e. The number of aryl methyl sites for hydroxylation is 1. The SMILES string of the molecule is Cn1c(CN(CCN)CCc2ccccc2)nc2cc(Cl)ccc21. The standard InChI is InChI=1S/C19H23ClN4/c1-23-18-8-7-16(20)13-17(18)22-19(23)14-24(12-10-21)11-9-15-5-3-2-4-6-15/h2-8,13H,9-12,14,21H2,1H3. The van der Waals surface area contributed by atoms with Gasteiger partial charge >= 0.3 is 0 Å². The predicted molar refractivity (Wildman–Crippen MR) is 100 cm³/mol. The number of nitrogens with zero attached hydrogens (tertiary/aromatic N) is 3. The zero-order valence-corrected chi connectivity index (χ0v) is 14.7. The monoisotopic (exact) mass is 342 g/mol. The number of halogens is 1. The minimum atomic E-state index is 0.643. The van der Waals surface area contributed by atoms with Crippen LogP contribution in [0.15, 0.2) is 48.5 Å². The van der Waals surface area contributed by atoms with Gasteiger partial charge in [0.1, 0.15) is 5.82 Å². The average molecular weight is 343 g/mol. The van der Waals surface area contributed by atoms with Crippen molar-refractivity contribution in [2.24, 2.45) is 12.8 Å². The van der Waals surface area contributed by atoms with Crippen LogP contribution in [0.5, 0.6) is 0 Å². The third kappa shape index (κ3) is 3.96. The van der Waals surface area contributed by atoms with Gasteiger partial charge in [-0.05, 0) is 30.2 Å². The number of imidazole rings is 1. The van der Waals surface area contributed by atoms with Gasteiger partial charge in [0.15, 0.2) is 0 Å². The number of hydrogen-bond donors (Lipinski definition) is 1. The van der Waals surface area contributed by atoms with Crippen LogP contribution in [0, 0.1) is 0 Å². The van der Waals surface area contributed by atoms with E-state index >= 15 is 0 Å². The van der Waals surface area contributed by atoms with E-state index < -0.39 is 0 Å². The van der Waals surface area contributed by atoms with E-state index in [1.807, 2.05) is 24.3 Å². The fraction of sp³-hybridized carbons (Fsp3) is 0.316. The van der Waals surface area contributed by atoms with Crippen molar-refractivity contribution in [2.75, 3.05) is 19.6 Å². The van der Waals surface area contributed by atoms with E-state index in [4.69, 9.17) is 22.3 Å². The summed E-state index contributed by atoms with van der Waals surface area (Å²) in [5.41, 5.74) is 9.19. The molecule has 126 valence electrons. The Bertz CT molecular complexity index is 798. The first-order valence-corrected chi connectivity index (χ1v) is 8.62. The molecular weight excluding hydrogens is 320 g/mol. The quantitative estimate of drug-likeness (QED) is 0.717. The maximum absolute atomic E-state index is 6.08. The molecule has 0 aliphatic heterocycles. The second-order valence-electron chi connectivity index (χ2n) is 6.02. The van der Waals surface area contributed by atoms with Crippen LogP contribution in [-0.2, 0) is 20.0 Å². The molecule has 2 aromatic carbocycles. The van der Waals surface area contributed by atoms with Gasteiger partial charge in [-0.3, -0.25) is 4.90 Å². The van der Waals surface area contributed by atoms with E-state index in [2.05, 4.69) is 40.8 Å². The highest BCUT2D eigenvalue weighted by atomic mass is 35.5. The van der Waals surface area contributed by atoms with Crippen molar-refractivity contribution in [2.45, 2.75) is 13.0 Å². The molecule has 0 fully saturated rings. The highest BCUT2D eigenvalue weighted by Gasteiger charge is 2.12. The fourth-order valence-electron chi connectivity index (χ4n) is 2.95. The molecule has 0 aliphatic carbocycles. The molecule has 5 heteroatoms. The van der Waals surface area contributed by atoms with Crippen molar-refractivity contribution in [3.8, 4) is 0 Å². The molecule has 2 N–H and O–H groups in total. The van der Waals surface area contributed by atoms with Crippen LogP contribution in [0.2, 0.25) is 5.02 Å². The summed E-state index contributed by atoms with van der Waals surface area (Å²) < 4.78 is 2.14. The number of rotatable bonds is 7. The summed E-state index contributed by atoms with van der Waals surface area (Å²) in [4.78, 5) is 7.10. The average Bonchev–Trinajstić information content (AvgIpc) is 2.89. The zero-order valence-electron chi connectivity index (χ0n) is 14.0. The Morgan fingerprint density at radius 3 is 2.67 bits per heavy atom. The summed E-state index contributed by atoms with van der Waals surface area (Å²) in [6.45, 7) is 3.25. The second kappa shape index (κ2) is 7.79. The number of hydrogen-bond acceptors (Lipinski definition) is 3. The number of benzene rings is 2. The summed E-state index contributed by atoms with van der Waals surface area (Å²) in [5, 5.41) is 0.718. The highest BCUT2D eigenvalue weighted by Crippen LogP contribution is 2.20. The fourth-order valence-corrected chi connectivity index (χ4v) is 3.11. The molecular formula is C19H23ClN4. The molecule has 0 spiro atoms. The smallest absolute Gasteiger partial charge is 0.123 e. The molecule has 0 amide bonds. The Hall–Kier alpha value is -1.88. The van der Waals surface area contributed by atoms with Gasteiger partial charge in [-0.2, -0.15) is 0 Å². The molecule has 0 atom stereocenters. The van der Waals surface area contributed by atoms with E-state index in [1.54, 1.807) is 0 Å². The van der Waals surface area contributed by atoms with Gasteiger partial charge in [-0.15, -0.1) is 0 Å². The molecule has 3 rings (SSSR count). The van der Waals surface area contributed by atoms with Crippen molar-refractivity contribution >= 4 is 22.6 Å². The van der Waals surface area contributed by atoms with Gasteiger partial charge in [0.25, 0.3) is 0 Å². The van der Waals surface area contributed by atoms with Crippen molar-refractivity contribution in [1.29, 1.82) is 0 Å². The van der Waals surface area contributed by atoms with E-state index in [0.717, 1.165) is 47.9 Å². The summed E-state index contributed by atoms with van der Waals surface area (Å²) >= 11 is 6.08. The molecule has 0 unspecified atom stereocenters. The molecule has 1 aromatic heterocycles. The largest absolute Gasteiger partial charge is 0.330 e. The van der Waals surface area contributed by atoms with Crippen molar-refractivity contribution in [1.82, 2.24) is 14.5 Å². The molecule has 3 aromatic rings. The lowest BCUT2D eigenvalue weighted by Crippen LogP contribution is -2.32. The lowest BCUT2D eigenvalue weighted by molar-refractivity contribution is 0.267. The first-order chi connectivity index (χ1) is 11.7. The topological polar surface area (TPSA) is 47.1 Å². The molecule has 0 aliphatic rings. The Morgan fingerprint density at radius 2 is 1.92 bits per heavy atom. The summed E-state index contributed by atoms with van der Waals surface area (Å²) in [5.74, 6) is 1.04. The van der Waals surface area contributed by atoms with Gasteiger partial charge in [0.05, 0.1) is 17.6 Å². The lowest BCUT2D eigenvalue weighted by atomic mass is 10.1. The van der Waals surface area contributed by atoms with Gasteiger partial charge in [-0.25, -0.2) is 4.98 Å². The van der Waals surface area contributed by atoms with Gasteiger partial charge in [-0.1, -0.05) is 41.9 Å². The maximum atomic E-state index is 6.08. The molecule has 1 heterocycles.